The highest BCUT2D eigenvalue weighted by Gasteiger charge is 2.10. The van der Waals surface area contributed by atoms with Crippen molar-refractivity contribution in [3.63, 3.8) is 0 Å². The summed E-state index contributed by atoms with van der Waals surface area (Å²) in [4.78, 5) is 22.9. The average molecular weight is 319 g/mol. The van der Waals surface area contributed by atoms with Crippen LogP contribution in [0, 0.1) is 0 Å². The molecule has 2 N–H and O–H groups in total. The average Bonchev–Trinajstić information content (AvgIpc) is 2.34. The molecule has 0 unspecified atom stereocenters. The highest BCUT2D eigenvalue weighted by molar-refractivity contribution is 6.34. The molecule has 0 radical (unpaired) electrons. The number of amides is 3. The Morgan fingerprint density at radius 2 is 1.85 bits per heavy atom. The lowest BCUT2D eigenvalue weighted by Crippen LogP contribution is -2.44. The second-order valence-electron chi connectivity index (χ2n) is 4.22. The summed E-state index contributed by atoms with van der Waals surface area (Å²) in [5.41, 5.74) is 0. The Morgan fingerprint density at radius 3 is 2.40 bits per heavy atom. The molecule has 3 amide bonds. The van der Waals surface area contributed by atoms with Crippen molar-refractivity contribution in [2.45, 2.75) is 26.3 Å². The molecule has 0 spiro atoms. The van der Waals surface area contributed by atoms with Gasteiger partial charge in [-0.3, -0.25) is 10.1 Å². The van der Waals surface area contributed by atoms with E-state index >= 15 is 0 Å². The van der Waals surface area contributed by atoms with Crippen molar-refractivity contribution in [1.82, 2.24) is 10.6 Å². The molecule has 0 aliphatic carbocycles. The SMILES string of the molecule is CC[C@@H](C)NC(=O)NC(=O)COc1cc(Cl)cc(Cl)c1. The van der Waals surface area contributed by atoms with Crippen LogP contribution >= 0.6 is 23.2 Å². The zero-order valence-electron chi connectivity index (χ0n) is 11.2. The predicted molar refractivity (Wildman–Crippen MR) is 78.4 cm³/mol. The molecule has 1 atom stereocenters. The molecule has 7 heteroatoms. The minimum atomic E-state index is -0.554. The van der Waals surface area contributed by atoms with Crippen LogP contribution in [0.25, 0.3) is 0 Å². The van der Waals surface area contributed by atoms with Crippen LogP contribution in [0.5, 0.6) is 5.75 Å². The number of hydrogen-bond donors (Lipinski definition) is 2. The molecular formula is C13H16Cl2N2O3. The van der Waals surface area contributed by atoms with Crippen LogP contribution in [0.15, 0.2) is 18.2 Å². The van der Waals surface area contributed by atoms with E-state index in [1.54, 1.807) is 6.07 Å². The second-order valence-corrected chi connectivity index (χ2v) is 5.10. The number of carbonyl (C=O) groups excluding carboxylic acids is 2. The fourth-order valence-electron chi connectivity index (χ4n) is 1.29. The largest absolute Gasteiger partial charge is 0.484 e. The first-order valence-electron chi connectivity index (χ1n) is 6.10. The zero-order chi connectivity index (χ0) is 15.1. The Bertz CT molecular complexity index is 474. The number of rotatable bonds is 5. The van der Waals surface area contributed by atoms with Gasteiger partial charge >= 0.3 is 6.03 Å². The lowest BCUT2D eigenvalue weighted by molar-refractivity contribution is -0.122. The molecular weight excluding hydrogens is 303 g/mol. The molecule has 0 saturated carbocycles. The maximum absolute atomic E-state index is 11.5. The van der Waals surface area contributed by atoms with Gasteiger partial charge in [0.05, 0.1) is 0 Å². The summed E-state index contributed by atoms with van der Waals surface area (Å²) >= 11 is 11.6. The van der Waals surface area contributed by atoms with Crippen LogP contribution in [0.1, 0.15) is 20.3 Å². The Balaban J connectivity index is 2.41. The van der Waals surface area contributed by atoms with E-state index in [2.05, 4.69) is 10.6 Å². The number of nitrogens with one attached hydrogen (secondary N) is 2. The van der Waals surface area contributed by atoms with E-state index < -0.39 is 11.9 Å². The molecule has 0 saturated heterocycles. The fourth-order valence-corrected chi connectivity index (χ4v) is 1.79. The Morgan fingerprint density at radius 1 is 1.25 bits per heavy atom. The number of imide groups is 1. The molecule has 1 aromatic carbocycles. The van der Waals surface area contributed by atoms with Crippen LogP contribution in [0.3, 0.4) is 0 Å². The lowest BCUT2D eigenvalue weighted by atomic mass is 10.3. The van der Waals surface area contributed by atoms with Crippen LogP contribution < -0.4 is 15.4 Å². The molecule has 0 heterocycles. The Labute approximate surface area is 127 Å². The summed E-state index contributed by atoms with van der Waals surface area (Å²) in [6.07, 6.45) is 0.777. The molecule has 1 rings (SSSR count). The number of hydrogen-bond acceptors (Lipinski definition) is 3. The molecule has 0 aliphatic rings. The maximum atomic E-state index is 11.5. The highest BCUT2D eigenvalue weighted by atomic mass is 35.5. The summed E-state index contributed by atoms with van der Waals surface area (Å²) in [5.74, 6) is -0.193. The molecule has 20 heavy (non-hydrogen) atoms. The van der Waals surface area contributed by atoms with E-state index in [9.17, 15) is 9.59 Å². The first kappa shape index (κ1) is 16.6. The normalized spacial score (nSPS) is 11.6. The van der Waals surface area contributed by atoms with Gasteiger partial charge in [-0.25, -0.2) is 4.79 Å². The van der Waals surface area contributed by atoms with Gasteiger partial charge in [0, 0.05) is 16.1 Å². The van der Waals surface area contributed by atoms with Crippen molar-refractivity contribution in [1.29, 1.82) is 0 Å². The van der Waals surface area contributed by atoms with Crippen molar-refractivity contribution in [3.05, 3.63) is 28.2 Å². The molecule has 0 fully saturated rings. The minimum absolute atomic E-state index is 0.00421. The smallest absolute Gasteiger partial charge is 0.321 e. The van der Waals surface area contributed by atoms with E-state index in [4.69, 9.17) is 27.9 Å². The van der Waals surface area contributed by atoms with Crippen molar-refractivity contribution >= 4 is 35.1 Å². The monoisotopic (exact) mass is 318 g/mol. The van der Waals surface area contributed by atoms with Gasteiger partial charge in [0.25, 0.3) is 5.91 Å². The van der Waals surface area contributed by atoms with E-state index in [0.29, 0.717) is 15.8 Å². The molecule has 110 valence electrons. The van der Waals surface area contributed by atoms with Crippen LogP contribution in [-0.4, -0.2) is 24.6 Å². The topological polar surface area (TPSA) is 67.4 Å². The Hall–Kier alpha value is -1.46. The number of carbonyl (C=O) groups is 2. The Kier molecular flexibility index (Phi) is 6.61. The van der Waals surface area contributed by atoms with Crippen molar-refractivity contribution in [2.24, 2.45) is 0 Å². The maximum Gasteiger partial charge on any atom is 0.321 e. The summed E-state index contributed by atoms with van der Waals surface area (Å²) < 4.78 is 5.20. The first-order valence-corrected chi connectivity index (χ1v) is 6.85. The third-order valence-corrected chi connectivity index (χ3v) is 2.89. The van der Waals surface area contributed by atoms with Gasteiger partial charge in [-0.1, -0.05) is 30.1 Å². The molecule has 0 aliphatic heterocycles. The third kappa shape index (κ3) is 6.12. The molecule has 1 aromatic rings. The van der Waals surface area contributed by atoms with Crippen LogP contribution in [0.2, 0.25) is 10.0 Å². The number of benzene rings is 1. The van der Waals surface area contributed by atoms with Gasteiger partial charge in [-0.2, -0.15) is 0 Å². The van der Waals surface area contributed by atoms with E-state index in [1.807, 2.05) is 13.8 Å². The van der Waals surface area contributed by atoms with Gasteiger partial charge in [0.1, 0.15) is 5.75 Å². The van der Waals surface area contributed by atoms with Gasteiger partial charge in [0.15, 0.2) is 6.61 Å². The standard InChI is InChI=1S/C13H16Cl2N2O3/c1-3-8(2)16-13(19)17-12(18)7-20-11-5-9(14)4-10(15)6-11/h4-6,8H,3,7H2,1-2H3,(H2,16,17,18,19)/t8-/m1/s1. The summed E-state index contributed by atoms with van der Waals surface area (Å²) in [5, 5.41) is 5.58. The van der Waals surface area contributed by atoms with Crippen molar-refractivity contribution in [3.8, 4) is 5.75 Å². The number of ether oxygens (including phenoxy) is 1. The van der Waals surface area contributed by atoms with Gasteiger partial charge in [0.2, 0.25) is 0 Å². The molecule has 0 bridgehead atoms. The lowest BCUT2D eigenvalue weighted by Gasteiger charge is -2.12. The van der Waals surface area contributed by atoms with E-state index in [1.165, 1.54) is 12.1 Å². The van der Waals surface area contributed by atoms with Crippen molar-refractivity contribution < 1.29 is 14.3 Å². The van der Waals surface area contributed by atoms with Crippen LogP contribution in [-0.2, 0) is 4.79 Å². The quantitative estimate of drug-likeness (QED) is 0.877. The second kappa shape index (κ2) is 7.97. The fraction of sp³-hybridized carbons (Fsp3) is 0.385. The van der Waals surface area contributed by atoms with Gasteiger partial charge in [-0.05, 0) is 31.5 Å². The summed E-state index contributed by atoms with van der Waals surface area (Å²) in [7, 11) is 0. The molecule has 5 nitrogen and oxygen atoms in total. The van der Waals surface area contributed by atoms with E-state index in [-0.39, 0.29) is 12.6 Å². The number of halogens is 2. The molecule has 0 aromatic heterocycles. The number of urea groups is 1. The summed E-state index contributed by atoms with van der Waals surface area (Å²) in [6, 6.07) is 4.06. The zero-order valence-corrected chi connectivity index (χ0v) is 12.7. The third-order valence-electron chi connectivity index (χ3n) is 2.45. The first-order chi connectivity index (χ1) is 9.40. The van der Waals surface area contributed by atoms with Crippen LogP contribution in [0.4, 0.5) is 4.79 Å². The predicted octanol–water partition coefficient (Wildman–Crippen LogP) is 3.00. The minimum Gasteiger partial charge on any atom is -0.484 e. The van der Waals surface area contributed by atoms with Crippen molar-refractivity contribution in [2.75, 3.05) is 6.61 Å². The summed E-state index contributed by atoms with van der Waals surface area (Å²) in [6.45, 7) is 3.47. The van der Waals surface area contributed by atoms with Gasteiger partial charge < -0.3 is 10.1 Å². The van der Waals surface area contributed by atoms with Gasteiger partial charge in [-0.15, -0.1) is 0 Å². The van der Waals surface area contributed by atoms with E-state index in [0.717, 1.165) is 6.42 Å². The highest BCUT2D eigenvalue weighted by Crippen LogP contribution is 2.23.